The molecule has 0 aliphatic heterocycles. The first kappa shape index (κ1) is 19.5. The van der Waals surface area contributed by atoms with Crippen molar-refractivity contribution in [2.45, 2.75) is 26.1 Å². The van der Waals surface area contributed by atoms with Gasteiger partial charge in [0.15, 0.2) is 5.82 Å². The van der Waals surface area contributed by atoms with Gasteiger partial charge in [-0.05, 0) is 44.2 Å². The number of carbonyl (C=O) groups is 1. The van der Waals surface area contributed by atoms with Gasteiger partial charge in [-0.2, -0.15) is 13.2 Å². The standard InChI is InChI=1S/C19H17F3N4O2/c1-10(2)26(3)17-16(14-7-5-12(9-23-14)19(20,21)22)24-13-6-4-11(18(27)28)8-15(13)25-17/h4-10H,1-3H3,(H,27,28). The van der Waals surface area contributed by atoms with Gasteiger partial charge in [-0.15, -0.1) is 0 Å². The number of fused-ring (bicyclic) bond motifs is 1. The summed E-state index contributed by atoms with van der Waals surface area (Å²) in [7, 11) is 1.77. The zero-order chi connectivity index (χ0) is 20.6. The summed E-state index contributed by atoms with van der Waals surface area (Å²) >= 11 is 0. The molecule has 146 valence electrons. The van der Waals surface area contributed by atoms with Crippen molar-refractivity contribution in [1.82, 2.24) is 15.0 Å². The van der Waals surface area contributed by atoms with Gasteiger partial charge in [0.05, 0.1) is 27.9 Å². The van der Waals surface area contributed by atoms with E-state index in [1.807, 2.05) is 13.8 Å². The number of carboxylic acid groups (broad SMARTS) is 1. The molecule has 0 aliphatic carbocycles. The Hall–Kier alpha value is -3.23. The van der Waals surface area contributed by atoms with E-state index in [1.165, 1.54) is 24.3 Å². The van der Waals surface area contributed by atoms with Crippen LogP contribution in [0.1, 0.15) is 29.8 Å². The Kier molecular flexibility index (Phi) is 4.93. The zero-order valence-corrected chi connectivity index (χ0v) is 15.3. The van der Waals surface area contributed by atoms with Gasteiger partial charge >= 0.3 is 12.1 Å². The van der Waals surface area contributed by atoms with E-state index in [-0.39, 0.29) is 17.3 Å². The van der Waals surface area contributed by atoms with Crippen molar-refractivity contribution in [3.63, 3.8) is 0 Å². The number of halogens is 3. The van der Waals surface area contributed by atoms with Crippen LogP contribution in [0.5, 0.6) is 0 Å². The fourth-order valence-electron chi connectivity index (χ4n) is 2.54. The molecule has 3 rings (SSSR count). The lowest BCUT2D eigenvalue weighted by Gasteiger charge is -2.25. The van der Waals surface area contributed by atoms with Crippen LogP contribution in [0.25, 0.3) is 22.4 Å². The van der Waals surface area contributed by atoms with Gasteiger partial charge in [0.25, 0.3) is 0 Å². The lowest BCUT2D eigenvalue weighted by molar-refractivity contribution is -0.137. The molecule has 0 saturated heterocycles. The summed E-state index contributed by atoms with van der Waals surface area (Å²) in [4.78, 5) is 26.0. The van der Waals surface area contributed by atoms with Gasteiger partial charge in [0.1, 0.15) is 5.69 Å². The molecule has 0 radical (unpaired) electrons. The van der Waals surface area contributed by atoms with E-state index in [0.29, 0.717) is 22.5 Å². The highest BCUT2D eigenvalue weighted by Gasteiger charge is 2.31. The molecular formula is C19H17F3N4O2. The number of hydrogen-bond acceptors (Lipinski definition) is 5. The Bertz CT molecular complexity index is 1030. The predicted octanol–water partition coefficient (Wildman–Crippen LogP) is 4.25. The maximum absolute atomic E-state index is 12.8. The largest absolute Gasteiger partial charge is 0.478 e. The highest BCUT2D eigenvalue weighted by molar-refractivity contribution is 5.93. The van der Waals surface area contributed by atoms with E-state index in [0.717, 1.165) is 12.3 Å². The van der Waals surface area contributed by atoms with E-state index in [9.17, 15) is 23.1 Å². The number of rotatable bonds is 4. The second-order valence-electron chi connectivity index (χ2n) is 6.54. The molecule has 0 saturated carbocycles. The highest BCUT2D eigenvalue weighted by Crippen LogP contribution is 2.32. The van der Waals surface area contributed by atoms with E-state index in [4.69, 9.17) is 0 Å². The molecule has 0 aliphatic rings. The quantitative estimate of drug-likeness (QED) is 0.717. The summed E-state index contributed by atoms with van der Waals surface area (Å²) in [5.74, 6) is -0.687. The fourth-order valence-corrected chi connectivity index (χ4v) is 2.54. The average molecular weight is 390 g/mol. The molecule has 1 aromatic carbocycles. The minimum atomic E-state index is -4.48. The van der Waals surface area contributed by atoms with Crippen LogP contribution in [-0.4, -0.2) is 39.1 Å². The Balaban J connectivity index is 2.20. The maximum Gasteiger partial charge on any atom is 0.417 e. The number of benzene rings is 1. The molecule has 0 bridgehead atoms. The topological polar surface area (TPSA) is 79.2 Å². The van der Waals surface area contributed by atoms with Crippen molar-refractivity contribution in [3.8, 4) is 11.4 Å². The van der Waals surface area contributed by atoms with Crippen LogP contribution in [0, 0.1) is 0 Å². The zero-order valence-electron chi connectivity index (χ0n) is 15.3. The van der Waals surface area contributed by atoms with Gasteiger partial charge in [-0.3, -0.25) is 4.98 Å². The van der Waals surface area contributed by atoms with Gasteiger partial charge in [0, 0.05) is 19.3 Å². The number of anilines is 1. The van der Waals surface area contributed by atoms with E-state index in [1.54, 1.807) is 11.9 Å². The summed E-state index contributed by atoms with van der Waals surface area (Å²) < 4.78 is 38.5. The third-order valence-electron chi connectivity index (χ3n) is 4.33. The first-order chi connectivity index (χ1) is 13.1. The molecule has 0 spiro atoms. The third kappa shape index (κ3) is 3.73. The number of aromatic nitrogens is 3. The first-order valence-corrected chi connectivity index (χ1v) is 8.39. The van der Waals surface area contributed by atoms with Crippen LogP contribution in [0.15, 0.2) is 36.5 Å². The molecule has 0 amide bonds. The van der Waals surface area contributed by atoms with Gasteiger partial charge in [-0.1, -0.05) is 0 Å². The summed E-state index contributed by atoms with van der Waals surface area (Å²) in [5, 5.41) is 9.17. The second-order valence-corrected chi connectivity index (χ2v) is 6.54. The van der Waals surface area contributed by atoms with Crippen molar-refractivity contribution >= 4 is 22.8 Å². The Morgan fingerprint density at radius 3 is 2.36 bits per heavy atom. The molecule has 28 heavy (non-hydrogen) atoms. The Labute approximate surface area is 158 Å². The molecule has 2 heterocycles. The normalized spacial score (nSPS) is 11.8. The number of pyridine rings is 1. The number of aromatic carboxylic acids is 1. The van der Waals surface area contributed by atoms with E-state index >= 15 is 0 Å². The van der Waals surface area contributed by atoms with Crippen molar-refractivity contribution in [3.05, 3.63) is 47.7 Å². The third-order valence-corrected chi connectivity index (χ3v) is 4.33. The summed E-state index contributed by atoms with van der Waals surface area (Å²) in [6.07, 6.45) is -3.72. The van der Waals surface area contributed by atoms with Crippen LogP contribution in [0.2, 0.25) is 0 Å². The summed E-state index contributed by atoms with van der Waals surface area (Å²) in [5.41, 5.74) is 0.573. The Morgan fingerprint density at radius 2 is 1.82 bits per heavy atom. The monoisotopic (exact) mass is 390 g/mol. The first-order valence-electron chi connectivity index (χ1n) is 8.39. The summed E-state index contributed by atoms with van der Waals surface area (Å²) in [6.45, 7) is 3.84. The number of alkyl halides is 3. The van der Waals surface area contributed by atoms with Gasteiger partial charge < -0.3 is 10.0 Å². The van der Waals surface area contributed by atoms with Gasteiger partial charge in [0.2, 0.25) is 0 Å². The van der Waals surface area contributed by atoms with Crippen LogP contribution in [0.3, 0.4) is 0 Å². The molecular weight excluding hydrogens is 373 g/mol. The highest BCUT2D eigenvalue weighted by atomic mass is 19.4. The van der Waals surface area contributed by atoms with Crippen molar-refractivity contribution < 1.29 is 23.1 Å². The lowest BCUT2D eigenvalue weighted by atomic mass is 10.1. The molecule has 9 heteroatoms. The molecule has 0 unspecified atom stereocenters. The molecule has 6 nitrogen and oxygen atoms in total. The number of nitrogens with zero attached hydrogens (tertiary/aromatic N) is 4. The van der Waals surface area contributed by atoms with Crippen molar-refractivity contribution in [2.75, 3.05) is 11.9 Å². The minimum absolute atomic E-state index is 0.0163. The van der Waals surface area contributed by atoms with Crippen LogP contribution in [-0.2, 0) is 6.18 Å². The van der Waals surface area contributed by atoms with Crippen LogP contribution < -0.4 is 4.90 Å². The molecule has 3 aromatic rings. The van der Waals surface area contributed by atoms with Crippen molar-refractivity contribution in [1.29, 1.82) is 0 Å². The smallest absolute Gasteiger partial charge is 0.417 e. The van der Waals surface area contributed by atoms with Crippen LogP contribution >= 0.6 is 0 Å². The van der Waals surface area contributed by atoms with E-state index in [2.05, 4.69) is 15.0 Å². The number of hydrogen-bond donors (Lipinski definition) is 1. The van der Waals surface area contributed by atoms with Crippen molar-refractivity contribution in [2.24, 2.45) is 0 Å². The molecule has 1 N–H and O–H groups in total. The molecule has 0 fully saturated rings. The summed E-state index contributed by atoms with van der Waals surface area (Å²) in [6, 6.07) is 6.53. The molecule has 0 atom stereocenters. The van der Waals surface area contributed by atoms with E-state index < -0.39 is 17.7 Å². The second kappa shape index (κ2) is 7.06. The average Bonchev–Trinajstić information content (AvgIpc) is 2.65. The Morgan fingerprint density at radius 1 is 1.11 bits per heavy atom. The van der Waals surface area contributed by atoms with Gasteiger partial charge in [-0.25, -0.2) is 14.8 Å². The molecule has 2 aromatic heterocycles. The SMILES string of the molecule is CC(C)N(C)c1nc2cc(C(=O)O)ccc2nc1-c1ccc(C(F)(F)F)cn1. The lowest BCUT2D eigenvalue weighted by Crippen LogP contribution is -2.27. The van der Waals surface area contributed by atoms with Crippen LogP contribution in [0.4, 0.5) is 19.0 Å². The maximum atomic E-state index is 12.8. The minimum Gasteiger partial charge on any atom is -0.478 e. The number of carboxylic acids is 1. The fraction of sp³-hybridized carbons (Fsp3) is 0.263. The predicted molar refractivity (Wildman–Crippen MR) is 98.3 cm³/mol.